The number of hydrogen-bond acceptors (Lipinski definition) is 4. The molecule has 0 N–H and O–H groups in total. The molecule has 1 aromatic carbocycles. The van der Waals surface area contributed by atoms with Crippen LogP contribution in [0.5, 0.6) is 5.75 Å². The molecule has 0 aliphatic carbocycles. The van der Waals surface area contributed by atoms with Crippen molar-refractivity contribution in [1.29, 1.82) is 0 Å². The van der Waals surface area contributed by atoms with E-state index in [9.17, 15) is 13.6 Å². The third-order valence-electron chi connectivity index (χ3n) is 2.59. The van der Waals surface area contributed by atoms with Crippen LogP contribution in [0.15, 0.2) is 18.2 Å². The molecule has 6 heteroatoms. The van der Waals surface area contributed by atoms with Gasteiger partial charge in [0.05, 0.1) is 13.2 Å². The van der Waals surface area contributed by atoms with E-state index in [4.69, 9.17) is 4.74 Å². The van der Waals surface area contributed by atoms with E-state index in [0.29, 0.717) is 5.39 Å². The zero-order valence-corrected chi connectivity index (χ0v) is 11.2. The molecule has 0 spiro atoms. The number of halogens is 2. The van der Waals surface area contributed by atoms with Gasteiger partial charge in [-0.15, -0.1) is 0 Å². The molecule has 0 aliphatic heterocycles. The molecule has 0 amide bonds. The first-order chi connectivity index (χ1) is 9.43. The van der Waals surface area contributed by atoms with Crippen LogP contribution >= 0.6 is 0 Å². The number of rotatable bonds is 3. The summed E-state index contributed by atoms with van der Waals surface area (Å²) in [6.45, 7) is 3.56. The van der Waals surface area contributed by atoms with Crippen LogP contribution in [0.4, 0.5) is 8.78 Å². The monoisotopic (exact) mass is 281 g/mol. The smallest absolute Gasteiger partial charge is 0.356 e. The zero-order valence-electron chi connectivity index (χ0n) is 11.2. The number of carbonyl (C=O) groups excluding carboxylic acids is 1. The molecule has 0 saturated carbocycles. The fraction of sp³-hybridized carbons (Fsp3) is 0.286. The van der Waals surface area contributed by atoms with Crippen LogP contribution in [0.2, 0.25) is 0 Å². The predicted octanol–water partition coefficient (Wildman–Crippen LogP) is 3.09. The van der Waals surface area contributed by atoms with Gasteiger partial charge in [0, 0.05) is 11.5 Å². The fourth-order valence-corrected chi connectivity index (χ4v) is 1.76. The average molecular weight is 281 g/mol. The van der Waals surface area contributed by atoms with Gasteiger partial charge in [-0.25, -0.2) is 18.6 Å². The summed E-state index contributed by atoms with van der Waals surface area (Å²) in [5, 5.41) is 0.297. The molecule has 0 radical (unpaired) electrons. The van der Waals surface area contributed by atoms with E-state index in [-0.39, 0.29) is 23.1 Å². The van der Waals surface area contributed by atoms with Gasteiger partial charge in [0.1, 0.15) is 11.3 Å². The Hall–Kier alpha value is -2.24. The summed E-state index contributed by atoms with van der Waals surface area (Å²) in [6, 6.07) is 3.70. The van der Waals surface area contributed by atoms with Crippen molar-refractivity contribution in [2.75, 3.05) is 7.11 Å². The summed E-state index contributed by atoms with van der Waals surface area (Å²) in [4.78, 5) is 15.3. The van der Waals surface area contributed by atoms with Crippen molar-refractivity contribution in [2.24, 2.45) is 0 Å². The second-order valence-corrected chi connectivity index (χ2v) is 4.42. The molecule has 0 aliphatic rings. The van der Waals surface area contributed by atoms with E-state index in [1.165, 1.54) is 19.2 Å². The molecule has 0 fully saturated rings. The number of methoxy groups -OCH3 is 1. The van der Waals surface area contributed by atoms with Gasteiger partial charge in [-0.3, -0.25) is 0 Å². The van der Waals surface area contributed by atoms with E-state index in [1.54, 1.807) is 13.8 Å². The van der Waals surface area contributed by atoms with Crippen LogP contribution in [-0.4, -0.2) is 24.2 Å². The first-order valence-electron chi connectivity index (χ1n) is 5.97. The molecular formula is C14H13F2NO3. The first kappa shape index (κ1) is 14.2. The van der Waals surface area contributed by atoms with Crippen molar-refractivity contribution < 1.29 is 23.0 Å². The van der Waals surface area contributed by atoms with E-state index in [1.807, 2.05) is 0 Å². The van der Waals surface area contributed by atoms with Gasteiger partial charge >= 0.3 is 5.97 Å². The van der Waals surface area contributed by atoms with Crippen molar-refractivity contribution in [1.82, 2.24) is 4.98 Å². The topological polar surface area (TPSA) is 48.4 Å². The molecule has 20 heavy (non-hydrogen) atoms. The van der Waals surface area contributed by atoms with Gasteiger partial charge in [-0.05, 0) is 26.0 Å². The lowest BCUT2D eigenvalue weighted by Crippen LogP contribution is -2.10. The number of ether oxygens (including phenoxy) is 2. The Morgan fingerprint density at radius 3 is 2.60 bits per heavy atom. The van der Waals surface area contributed by atoms with Crippen LogP contribution in [0.3, 0.4) is 0 Å². The van der Waals surface area contributed by atoms with Crippen molar-refractivity contribution in [3.8, 4) is 5.75 Å². The maximum absolute atomic E-state index is 13.8. The summed E-state index contributed by atoms with van der Waals surface area (Å²) >= 11 is 0. The van der Waals surface area contributed by atoms with Gasteiger partial charge in [0.15, 0.2) is 17.3 Å². The van der Waals surface area contributed by atoms with Crippen LogP contribution in [0.25, 0.3) is 10.9 Å². The molecule has 1 heterocycles. The maximum atomic E-state index is 13.8. The lowest BCUT2D eigenvalue weighted by atomic mass is 10.1. The van der Waals surface area contributed by atoms with Crippen LogP contribution < -0.4 is 4.74 Å². The number of benzene rings is 1. The molecule has 2 rings (SSSR count). The van der Waals surface area contributed by atoms with Crippen molar-refractivity contribution in [2.45, 2.75) is 20.0 Å². The van der Waals surface area contributed by atoms with Crippen LogP contribution in [-0.2, 0) is 4.74 Å². The molecule has 4 nitrogen and oxygen atoms in total. The van der Waals surface area contributed by atoms with E-state index >= 15 is 0 Å². The number of carbonyl (C=O) groups is 1. The Labute approximate surface area is 114 Å². The Morgan fingerprint density at radius 1 is 1.30 bits per heavy atom. The normalized spacial score (nSPS) is 10.9. The number of pyridine rings is 1. The predicted molar refractivity (Wildman–Crippen MR) is 68.8 cm³/mol. The number of nitrogens with zero attached hydrogens (tertiary/aromatic N) is 1. The van der Waals surface area contributed by atoms with Gasteiger partial charge in [-0.2, -0.15) is 0 Å². The van der Waals surface area contributed by atoms with Crippen molar-refractivity contribution >= 4 is 16.9 Å². The summed E-state index contributed by atoms with van der Waals surface area (Å²) in [6.07, 6.45) is -0.195. The minimum absolute atomic E-state index is 0.139. The highest BCUT2D eigenvalue weighted by Gasteiger charge is 2.18. The highest BCUT2D eigenvalue weighted by atomic mass is 19.2. The van der Waals surface area contributed by atoms with Crippen LogP contribution in [0.1, 0.15) is 24.3 Å². The maximum Gasteiger partial charge on any atom is 0.356 e. The molecule has 0 bridgehead atoms. The molecule has 0 atom stereocenters. The Bertz CT molecular complexity index is 671. The van der Waals surface area contributed by atoms with Gasteiger partial charge in [0.25, 0.3) is 0 Å². The fourth-order valence-electron chi connectivity index (χ4n) is 1.76. The van der Waals surface area contributed by atoms with Crippen molar-refractivity contribution in [3.63, 3.8) is 0 Å². The van der Waals surface area contributed by atoms with E-state index in [0.717, 1.165) is 6.07 Å². The largest absolute Gasteiger partial charge is 0.490 e. The number of esters is 1. The highest BCUT2D eigenvalue weighted by Crippen LogP contribution is 2.29. The minimum Gasteiger partial charge on any atom is -0.490 e. The van der Waals surface area contributed by atoms with Gasteiger partial charge < -0.3 is 9.47 Å². The zero-order chi connectivity index (χ0) is 14.9. The van der Waals surface area contributed by atoms with Gasteiger partial charge in [-0.1, -0.05) is 0 Å². The molecular weight excluding hydrogens is 268 g/mol. The molecule has 0 saturated heterocycles. The Morgan fingerprint density at radius 2 is 2.00 bits per heavy atom. The van der Waals surface area contributed by atoms with Gasteiger partial charge in [0.2, 0.25) is 0 Å². The first-order valence-corrected chi connectivity index (χ1v) is 5.97. The number of hydrogen-bond donors (Lipinski definition) is 0. The minimum atomic E-state index is -1.12. The van der Waals surface area contributed by atoms with E-state index in [2.05, 4.69) is 9.72 Å². The number of aromatic nitrogens is 1. The van der Waals surface area contributed by atoms with E-state index < -0.39 is 17.6 Å². The van der Waals surface area contributed by atoms with Crippen LogP contribution in [0, 0.1) is 11.6 Å². The lowest BCUT2D eigenvalue weighted by Gasteiger charge is -2.13. The SMILES string of the molecule is COC(=O)c1cc(OC(C)C)c2ccc(F)c(F)c2n1. The second-order valence-electron chi connectivity index (χ2n) is 4.42. The summed E-state index contributed by atoms with van der Waals surface area (Å²) in [5.41, 5.74) is -0.399. The summed E-state index contributed by atoms with van der Waals surface area (Å²) in [7, 11) is 1.18. The Balaban J connectivity index is 2.74. The molecule has 2 aromatic rings. The lowest BCUT2D eigenvalue weighted by molar-refractivity contribution is 0.0593. The number of fused-ring (bicyclic) bond motifs is 1. The second kappa shape index (κ2) is 5.40. The third-order valence-corrected chi connectivity index (χ3v) is 2.59. The molecule has 0 unspecified atom stereocenters. The molecule has 1 aromatic heterocycles. The molecule has 106 valence electrons. The standard InChI is InChI=1S/C14H13F2NO3/c1-7(2)20-11-6-10(14(18)19-3)17-13-8(11)4-5-9(15)12(13)16/h4-7H,1-3H3. The highest BCUT2D eigenvalue weighted by molar-refractivity contribution is 5.94. The average Bonchev–Trinajstić information content (AvgIpc) is 2.41. The Kier molecular flexibility index (Phi) is 3.83. The summed E-state index contributed by atoms with van der Waals surface area (Å²) in [5.74, 6) is -2.65. The van der Waals surface area contributed by atoms with Crippen molar-refractivity contribution in [3.05, 3.63) is 35.5 Å². The summed E-state index contributed by atoms with van der Waals surface area (Å²) < 4.78 is 37.2. The third kappa shape index (κ3) is 2.54. The quantitative estimate of drug-likeness (QED) is 0.811.